The molecular formula is C16H25NO. The van der Waals surface area contributed by atoms with Gasteiger partial charge in [0.05, 0.1) is 0 Å². The van der Waals surface area contributed by atoms with E-state index in [4.69, 9.17) is 4.74 Å². The molecule has 2 heteroatoms. The highest BCUT2D eigenvalue weighted by molar-refractivity contribution is 5.26. The number of hydrogen-bond acceptors (Lipinski definition) is 2. The van der Waals surface area contributed by atoms with Gasteiger partial charge < -0.3 is 10.1 Å². The molecule has 0 radical (unpaired) electrons. The van der Waals surface area contributed by atoms with Gasteiger partial charge in [-0.3, -0.25) is 0 Å². The molecule has 0 aliphatic heterocycles. The maximum absolute atomic E-state index is 5.81. The summed E-state index contributed by atoms with van der Waals surface area (Å²) in [5.74, 6) is 1.88. The lowest BCUT2D eigenvalue weighted by molar-refractivity contribution is 0.253. The average molecular weight is 247 g/mol. The molecule has 0 bridgehead atoms. The lowest BCUT2D eigenvalue weighted by Gasteiger charge is -2.22. The summed E-state index contributed by atoms with van der Waals surface area (Å²) in [6, 6.07) is 9.36. The van der Waals surface area contributed by atoms with Crippen molar-refractivity contribution < 1.29 is 4.74 Å². The van der Waals surface area contributed by atoms with Crippen molar-refractivity contribution in [2.24, 2.45) is 5.92 Å². The van der Waals surface area contributed by atoms with Gasteiger partial charge in [-0.05, 0) is 51.2 Å². The first-order chi connectivity index (χ1) is 8.69. The monoisotopic (exact) mass is 247 g/mol. The van der Waals surface area contributed by atoms with Crippen LogP contribution < -0.4 is 10.1 Å². The number of rotatable bonds is 7. The third kappa shape index (κ3) is 4.02. The highest BCUT2D eigenvalue weighted by atomic mass is 16.5. The van der Waals surface area contributed by atoms with Gasteiger partial charge >= 0.3 is 0 Å². The number of ether oxygens (including phenoxy) is 1. The summed E-state index contributed by atoms with van der Waals surface area (Å²) in [5.41, 5.74) is 1.27. The number of nitrogens with one attached hydrogen (secondary N) is 1. The molecule has 18 heavy (non-hydrogen) atoms. The molecule has 1 aromatic rings. The molecular weight excluding hydrogens is 222 g/mol. The molecule has 2 nitrogen and oxygen atoms in total. The Morgan fingerprint density at radius 2 is 1.94 bits per heavy atom. The van der Waals surface area contributed by atoms with Crippen LogP contribution in [0.15, 0.2) is 24.3 Å². The van der Waals surface area contributed by atoms with Crippen molar-refractivity contribution in [3.05, 3.63) is 29.8 Å². The van der Waals surface area contributed by atoms with Crippen LogP contribution in [0.4, 0.5) is 0 Å². The van der Waals surface area contributed by atoms with Crippen LogP contribution in [0.3, 0.4) is 0 Å². The largest absolute Gasteiger partial charge is 0.492 e. The Bertz CT molecular complexity index is 356. The molecule has 2 rings (SSSR count). The molecule has 2 atom stereocenters. The molecule has 0 aromatic heterocycles. The van der Waals surface area contributed by atoms with E-state index < -0.39 is 0 Å². The van der Waals surface area contributed by atoms with Gasteiger partial charge in [-0.25, -0.2) is 0 Å². The Morgan fingerprint density at radius 3 is 2.50 bits per heavy atom. The van der Waals surface area contributed by atoms with Gasteiger partial charge in [-0.1, -0.05) is 24.6 Å². The number of aryl methyl sites for hydroxylation is 1. The SMILES string of the molecule is CCC(NC(C)COc1ccc(C)cc1)C1CC1. The third-order valence-electron chi connectivity index (χ3n) is 3.65. The molecule has 100 valence electrons. The Hall–Kier alpha value is -1.02. The van der Waals surface area contributed by atoms with E-state index in [9.17, 15) is 0 Å². The molecule has 1 aromatic carbocycles. The maximum Gasteiger partial charge on any atom is 0.119 e. The second-order valence-electron chi connectivity index (χ2n) is 5.54. The smallest absolute Gasteiger partial charge is 0.119 e. The summed E-state index contributed by atoms with van der Waals surface area (Å²) < 4.78 is 5.81. The van der Waals surface area contributed by atoms with Gasteiger partial charge in [-0.15, -0.1) is 0 Å². The zero-order valence-electron chi connectivity index (χ0n) is 11.8. The topological polar surface area (TPSA) is 21.3 Å². The molecule has 0 amide bonds. The second kappa shape index (κ2) is 6.24. The van der Waals surface area contributed by atoms with E-state index in [1.54, 1.807) is 0 Å². The van der Waals surface area contributed by atoms with Crippen LogP contribution in [0.2, 0.25) is 0 Å². The van der Waals surface area contributed by atoms with E-state index in [0.29, 0.717) is 12.1 Å². The van der Waals surface area contributed by atoms with Crippen molar-refractivity contribution in [2.75, 3.05) is 6.61 Å². The van der Waals surface area contributed by atoms with E-state index in [1.165, 1.54) is 24.8 Å². The summed E-state index contributed by atoms with van der Waals surface area (Å²) in [6.45, 7) is 7.31. The van der Waals surface area contributed by atoms with E-state index >= 15 is 0 Å². The van der Waals surface area contributed by atoms with E-state index in [0.717, 1.165) is 18.3 Å². The highest BCUT2D eigenvalue weighted by Gasteiger charge is 2.30. The third-order valence-corrected chi connectivity index (χ3v) is 3.65. The van der Waals surface area contributed by atoms with Crippen LogP contribution >= 0.6 is 0 Å². The van der Waals surface area contributed by atoms with Crippen LogP contribution in [0.5, 0.6) is 5.75 Å². The first-order valence-electron chi connectivity index (χ1n) is 7.14. The first kappa shape index (κ1) is 13.4. The Morgan fingerprint density at radius 1 is 1.28 bits per heavy atom. The Labute approximate surface area is 111 Å². The van der Waals surface area contributed by atoms with Gasteiger partial charge in [-0.2, -0.15) is 0 Å². The lowest BCUT2D eigenvalue weighted by atomic mass is 10.1. The van der Waals surface area contributed by atoms with Gasteiger partial charge in [0.1, 0.15) is 12.4 Å². The summed E-state index contributed by atoms with van der Waals surface area (Å²) in [4.78, 5) is 0. The summed E-state index contributed by atoms with van der Waals surface area (Å²) in [6.07, 6.45) is 4.02. The van der Waals surface area contributed by atoms with Gasteiger partial charge in [0, 0.05) is 12.1 Å². The van der Waals surface area contributed by atoms with Crippen LogP contribution in [0.25, 0.3) is 0 Å². The fourth-order valence-corrected chi connectivity index (χ4v) is 2.36. The minimum Gasteiger partial charge on any atom is -0.492 e. The van der Waals surface area contributed by atoms with Crippen molar-refractivity contribution in [1.82, 2.24) is 5.32 Å². The average Bonchev–Trinajstić information content (AvgIpc) is 3.19. The number of hydrogen-bond donors (Lipinski definition) is 1. The van der Waals surface area contributed by atoms with Crippen LogP contribution in [-0.4, -0.2) is 18.7 Å². The summed E-state index contributed by atoms with van der Waals surface area (Å²) in [5, 5.41) is 3.69. The predicted octanol–water partition coefficient (Wildman–Crippen LogP) is 3.54. The molecule has 0 heterocycles. The minimum atomic E-state index is 0.414. The molecule has 1 N–H and O–H groups in total. The van der Waals surface area contributed by atoms with Gasteiger partial charge in [0.15, 0.2) is 0 Å². The normalized spacial score (nSPS) is 18.4. The van der Waals surface area contributed by atoms with Gasteiger partial charge in [0.25, 0.3) is 0 Å². The second-order valence-corrected chi connectivity index (χ2v) is 5.54. The molecule has 1 aliphatic rings. The summed E-state index contributed by atoms with van der Waals surface area (Å²) in [7, 11) is 0. The highest BCUT2D eigenvalue weighted by Crippen LogP contribution is 2.34. The Balaban J connectivity index is 1.73. The lowest BCUT2D eigenvalue weighted by Crippen LogP contribution is -2.40. The van der Waals surface area contributed by atoms with Crippen LogP contribution in [0, 0.1) is 12.8 Å². The van der Waals surface area contributed by atoms with Crippen molar-refractivity contribution >= 4 is 0 Å². The van der Waals surface area contributed by atoms with Crippen molar-refractivity contribution in [1.29, 1.82) is 0 Å². The molecule has 0 spiro atoms. The quantitative estimate of drug-likeness (QED) is 0.795. The van der Waals surface area contributed by atoms with Crippen molar-refractivity contribution in [2.45, 2.75) is 52.1 Å². The molecule has 1 aliphatic carbocycles. The molecule has 0 saturated heterocycles. The van der Waals surface area contributed by atoms with E-state index in [-0.39, 0.29) is 0 Å². The zero-order valence-corrected chi connectivity index (χ0v) is 11.8. The minimum absolute atomic E-state index is 0.414. The molecule has 1 fully saturated rings. The van der Waals surface area contributed by atoms with Crippen LogP contribution in [0.1, 0.15) is 38.7 Å². The fraction of sp³-hybridized carbons (Fsp3) is 0.625. The van der Waals surface area contributed by atoms with Crippen molar-refractivity contribution in [3.63, 3.8) is 0 Å². The summed E-state index contributed by atoms with van der Waals surface area (Å²) >= 11 is 0. The van der Waals surface area contributed by atoms with Crippen LogP contribution in [-0.2, 0) is 0 Å². The molecule has 2 unspecified atom stereocenters. The van der Waals surface area contributed by atoms with E-state index in [2.05, 4.69) is 38.2 Å². The molecule has 1 saturated carbocycles. The van der Waals surface area contributed by atoms with Crippen molar-refractivity contribution in [3.8, 4) is 5.75 Å². The maximum atomic E-state index is 5.81. The Kier molecular flexibility index (Phi) is 4.65. The fourth-order valence-electron chi connectivity index (χ4n) is 2.36. The number of benzene rings is 1. The predicted molar refractivity (Wildman–Crippen MR) is 76.1 cm³/mol. The first-order valence-corrected chi connectivity index (χ1v) is 7.14. The standard InChI is InChI=1S/C16H25NO/c1-4-16(14-7-8-14)17-13(3)11-18-15-9-5-12(2)6-10-15/h5-6,9-10,13-14,16-17H,4,7-8,11H2,1-3H3. The zero-order chi connectivity index (χ0) is 13.0. The van der Waals surface area contributed by atoms with Gasteiger partial charge in [0.2, 0.25) is 0 Å². The van der Waals surface area contributed by atoms with E-state index in [1.807, 2.05) is 12.1 Å².